The van der Waals surface area contributed by atoms with E-state index < -0.39 is 0 Å². The minimum atomic E-state index is 0.0151. The van der Waals surface area contributed by atoms with Crippen LogP contribution in [-0.2, 0) is 17.8 Å². The first kappa shape index (κ1) is 19.9. The van der Waals surface area contributed by atoms with Crippen LogP contribution in [0.25, 0.3) is 0 Å². The van der Waals surface area contributed by atoms with Crippen LogP contribution in [-0.4, -0.2) is 60.9 Å². The molecule has 140 valence electrons. The Kier molecular flexibility index (Phi) is 7.59. The van der Waals surface area contributed by atoms with Crippen molar-refractivity contribution in [2.45, 2.75) is 19.9 Å². The SMILES string of the molecule is Cc1cnc(CCN(C)C(=NCc2ccccc2)NCC(=O)N(C)C)s1. The Morgan fingerprint density at radius 2 is 1.96 bits per heavy atom. The molecule has 0 radical (unpaired) electrons. The van der Waals surface area contributed by atoms with Crippen LogP contribution in [0.1, 0.15) is 15.4 Å². The largest absolute Gasteiger partial charge is 0.347 e. The van der Waals surface area contributed by atoms with Crippen molar-refractivity contribution in [3.8, 4) is 0 Å². The molecule has 0 fully saturated rings. The highest BCUT2D eigenvalue weighted by molar-refractivity contribution is 7.11. The molecule has 0 atom stereocenters. The molecule has 0 spiro atoms. The van der Waals surface area contributed by atoms with Gasteiger partial charge in [-0.15, -0.1) is 11.3 Å². The lowest BCUT2D eigenvalue weighted by Gasteiger charge is -2.22. The van der Waals surface area contributed by atoms with E-state index >= 15 is 0 Å². The van der Waals surface area contributed by atoms with Gasteiger partial charge in [0.2, 0.25) is 5.91 Å². The molecule has 2 aromatic rings. The number of hydrogen-bond acceptors (Lipinski definition) is 4. The highest BCUT2D eigenvalue weighted by Crippen LogP contribution is 2.12. The first-order chi connectivity index (χ1) is 12.5. The molecule has 0 aliphatic rings. The summed E-state index contributed by atoms with van der Waals surface area (Å²) in [5.41, 5.74) is 1.13. The van der Waals surface area contributed by atoms with E-state index in [1.807, 2.05) is 48.5 Å². The third-order valence-electron chi connectivity index (χ3n) is 3.84. The number of aromatic nitrogens is 1. The molecule has 7 heteroatoms. The van der Waals surface area contributed by atoms with Crippen LogP contribution in [0, 0.1) is 6.92 Å². The molecule has 1 amide bonds. The molecule has 1 N–H and O–H groups in total. The number of aryl methyl sites for hydroxylation is 1. The van der Waals surface area contributed by atoms with Gasteiger partial charge in [0, 0.05) is 45.2 Å². The summed E-state index contributed by atoms with van der Waals surface area (Å²) < 4.78 is 0. The number of nitrogens with one attached hydrogen (secondary N) is 1. The first-order valence-electron chi connectivity index (χ1n) is 8.60. The Morgan fingerprint density at radius 1 is 1.23 bits per heavy atom. The molecule has 0 aliphatic carbocycles. The van der Waals surface area contributed by atoms with Crippen LogP contribution < -0.4 is 5.32 Å². The molecule has 26 heavy (non-hydrogen) atoms. The summed E-state index contributed by atoms with van der Waals surface area (Å²) in [5, 5.41) is 4.29. The normalized spacial score (nSPS) is 11.3. The van der Waals surface area contributed by atoms with Crippen molar-refractivity contribution in [2.24, 2.45) is 4.99 Å². The number of carbonyl (C=O) groups excluding carboxylic acids is 1. The number of hydrogen-bond donors (Lipinski definition) is 1. The van der Waals surface area contributed by atoms with Crippen molar-refractivity contribution >= 4 is 23.2 Å². The molecular formula is C19H27N5OS. The summed E-state index contributed by atoms with van der Waals surface area (Å²) in [7, 11) is 5.48. The van der Waals surface area contributed by atoms with E-state index in [4.69, 9.17) is 0 Å². The summed E-state index contributed by atoms with van der Waals surface area (Å²) in [5.74, 6) is 0.735. The molecule has 0 saturated carbocycles. The van der Waals surface area contributed by atoms with E-state index in [9.17, 15) is 4.79 Å². The minimum absolute atomic E-state index is 0.0151. The van der Waals surface area contributed by atoms with Crippen LogP contribution in [0.15, 0.2) is 41.5 Å². The van der Waals surface area contributed by atoms with Crippen molar-refractivity contribution in [1.29, 1.82) is 0 Å². The monoisotopic (exact) mass is 373 g/mol. The van der Waals surface area contributed by atoms with E-state index in [1.54, 1.807) is 30.3 Å². The van der Waals surface area contributed by atoms with E-state index in [-0.39, 0.29) is 12.5 Å². The van der Waals surface area contributed by atoms with Crippen molar-refractivity contribution in [3.05, 3.63) is 52.0 Å². The van der Waals surface area contributed by atoms with Gasteiger partial charge in [-0.05, 0) is 12.5 Å². The minimum Gasteiger partial charge on any atom is -0.347 e. The van der Waals surface area contributed by atoms with Gasteiger partial charge in [-0.1, -0.05) is 30.3 Å². The molecule has 0 bridgehead atoms. The molecule has 1 aromatic carbocycles. The van der Waals surface area contributed by atoms with Crippen LogP contribution in [0.5, 0.6) is 0 Å². The molecule has 6 nitrogen and oxygen atoms in total. The van der Waals surface area contributed by atoms with Crippen LogP contribution >= 0.6 is 11.3 Å². The Bertz CT molecular complexity index is 727. The maximum absolute atomic E-state index is 11.9. The molecule has 1 aromatic heterocycles. The molecule has 0 unspecified atom stereocenters. The topological polar surface area (TPSA) is 60.8 Å². The first-order valence-corrected chi connectivity index (χ1v) is 9.42. The lowest BCUT2D eigenvalue weighted by Crippen LogP contribution is -2.44. The summed E-state index contributed by atoms with van der Waals surface area (Å²) in [6.07, 6.45) is 2.75. The Hall–Kier alpha value is -2.41. The van der Waals surface area contributed by atoms with Gasteiger partial charge in [0.25, 0.3) is 0 Å². The number of thiazole rings is 1. The fourth-order valence-corrected chi connectivity index (χ4v) is 3.04. The molecular weight excluding hydrogens is 346 g/mol. The van der Waals surface area contributed by atoms with Crippen molar-refractivity contribution in [3.63, 3.8) is 0 Å². The number of rotatable bonds is 7. The average Bonchev–Trinajstić information content (AvgIpc) is 3.05. The van der Waals surface area contributed by atoms with Crippen molar-refractivity contribution in [1.82, 2.24) is 20.1 Å². The second-order valence-electron chi connectivity index (χ2n) is 6.30. The van der Waals surface area contributed by atoms with E-state index in [1.165, 1.54) is 4.88 Å². The lowest BCUT2D eigenvalue weighted by molar-refractivity contribution is -0.127. The van der Waals surface area contributed by atoms with Gasteiger partial charge in [-0.3, -0.25) is 4.79 Å². The Balaban J connectivity index is 2.01. The number of likely N-dealkylation sites (N-methyl/N-ethyl adjacent to an activating group) is 2. The predicted octanol–water partition coefficient (Wildman–Crippen LogP) is 2.16. The highest BCUT2D eigenvalue weighted by atomic mass is 32.1. The zero-order valence-corrected chi connectivity index (χ0v) is 16.7. The number of carbonyl (C=O) groups is 1. The van der Waals surface area contributed by atoms with Gasteiger partial charge in [0.1, 0.15) is 0 Å². The summed E-state index contributed by atoms with van der Waals surface area (Å²) >= 11 is 1.71. The van der Waals surface area contributed by atoms with Crippen LogP contribution in [0.3, 0.4) is 0 Å². The summed E-state index contributed by atoms with van der Waals surface area (Å²) in [4.78, 5) is 25.8. The third kappa shape index (κ3) is 6.48. The molecule has 0 aliphatic heterocycles. The maximum atomic E-state index is 11.9. The Labute approximate surface area is 159 Å². The zero-order valence-electron chi connectivity index (χ0n) is 15.9. The number of aliphatic imine (C=N–C) groups is 1. The fourth-order valence-electron chi connectivity index (χ4n) is 2.26. The van der Waals surface area contributed by atoms with Gasteiger partial charge in [-0.25, -0.2) is 9.98 Å². The van der Waals surface area contributed by atoms with Gasteiger partial charge in [0.05, 0.1) is 18.1 Å². The highest BCUT2D eigenvalue weighted by Gasteiger charge is 2.11. The van der Waals surface area contributed by atoms with Gasteiger partial charge >= 0.3 is 0 Å². The summed E-state index contributed by atoms with van der Waals surface area (Å²) in [6, 6.07) is 10.1. The van der Waals surface area contributed by atoms with E-state index in [0.717, 1.165) is 29.5 Å². The molecule has 2 rings (SSSR count). The number of guanidine groups is 1. The number of benzene rings is 1. The lowest BCUT2D eigenvalue weighted by atomic mass is 10.2. The second-order valence-corrected chi connectivity index (χ2v) is 7.62. The smallest absolute Gasteiger partial charge is 0.241 e. The predicted molar refractivity (Wildman–Crippen MR) is 107 cm³/mol. The quantitative estimate of drug-likeness (QED) is 0.597. The van der Waals surface area contributed by atoms with Gasteiger partial charge in [0.15, 0.2) is 5.96 Å². The van der Waals surface area contributed by atoms with E-state index in [0.29, 0.717) is 6.54 Å². The average molecular weight is 374 g/mol. The number of amides is 1. The maximum Gasteiger partial charge on any atom is 0.241 e. The van der Waals surface area contributed by atoms with E-state index in [2.05, 4.69) is 22.2 Å². The van der Waals surface area contributed by atoms with Crippen molar-refractivity contribution in [2.75, 3.05) is 34.2 Å². The molecule has 0 saturated heterocycles. The standard InChI is InChI=1S/C19H27N5OS/c1-15-12-20-17(26-15)10-11-24(4)19(22-14-18(25)23(2)3)21-13-16-8-6-5-7-9-16/h5-9,12H,10-11,13-14H2,1-4H3,(H,21,22). The van der Waals surface area contributed by atoms with Crippen LogP contribution in [0.2, 0.25) is 0 Å². The van der Waals surface area contributed by atoms with Crippen molar-refractivity contribution < 1.29 is 4.79 Å². The Morgan fingerprint density at radius 3 is 2.58 bits per heavy atom. The van der Waals surface area contributed by atoms with Gasteiger partial charge < -0.3 is 15.1 Å². The third-order valence-corrected chi connectivity index (χ3v) is 4.82. The zero-order chi connectivity index (χ0) is 18.9. The van der Waals surface area contributed by atoms with Crippen LogP contribution in [0.4, 0.5) is 0 Å². The summed E-state index contributed by atoms with van der Waals surface area (Å²) in [6.45, 7) is 3.64. The van der Waals surface area contributed by atoms with Gasteiger partial charge in [-0.2, -0.15) is 0 Å². The fraction of sp³-hybridized carbons (Fsp3) is 0.421. The number of nitrogens with zero attached hydrogens (tertiary/aromatic N) is 4. The second kappa shape index (κ2) is 9.91. The molecule has 1 heterocycles.